The van der Waals surface area contributed by atoms with Gasteiger partial charge in [-0.15, -0.1) is 10.2 Å². The lowest BCUT2D eigenvalue weighted by atomic mass is 10.1. The Bertz CT molecular complexity index is 803. The Morgan fingerprint density at radius 2 is 1.95 bits per heavy atom. The van der Waals surface area contributed by atoms with Gasteiger partial charge in [-0.25, -0.2) is 4.79 Å². The third-order valence-corrected chi connectivity index (χ3v) is 2.81. The first-order valence-electron chi connectivity index (χ1n) is 5.73. The Morgan fingerprint density at radius 1 is 1.20 bits per heavy atom. The van der Waals surface area contributed by atoms with Gasteiger partial charge in [0, 0.05) is 17.1 Å². The lowest BCUT2D eigenvalue weighted by Gasteiger charge is -1.93. The molecule has 7 heteroatoms. The molecule has 0 bridgehead atoms. The van der Waals surface area contributed by atoms with Crippen LogP contribution in [-0.4, -0.2) is 34.0 Å². The monoisotopic (exact) mass is 271 g/mol. The van der Waals surface area contributed by atoms with Crippen LogP contribution in [0.15, 0.2) is 34.9 Å². The molecule has 2 aromatic heterocycles. The van der Waals surface area contributed by atoms with E-state index in [0.29, 0.717) is 5.56 Å². The number of nitrogens with zero attached hydrogens (tertiary/aromatic N) is 2. The van der Waals surface area contributed by atoms with E-state index in [1.807, 2.05) is 18.2 Å². The van der Waals surface area contributed by atoms with E-state index in [1.165, 1.54) is 7.11 Å². The highest BCUT2D eigenvalue weighted by atomic mass is 16.5. The normalized spacial score (nSPS) is 10.7. The lowest BCUT2D eigenvalue weighted by Crippen LogP contribution is -2.01. The molecule has 0 aliphatic rings. The summed E-state index contributed by atoms with van der Waals surface area (Å²) in [5, 5.41) is 7.79. The minimum absolute atomic E-state index is 0.254. The van der Waals surface area contributed by atoms with Crippen LogP contribution in [-0.2, 0) is 4.74 Å². The minimum Gasteiger partial charge on any atom is -0.462 e. The molecule has 0 unspecified atom stereocenters. The molecule has 7 nitrogen and oxygen atoms in total. The number of esters is 1. The molecule has 3 aromatic rings. The van der Waals surface area contributed by atoms with Gasteiger partial charge < -0.3 is 14.1 Å². The van der Waals surface area contributed by atoms with E-state index in [4.69, 9.17) is 4.42 Å². The fourth-order valence-electron chi connectivity index (χ4n) is 1.86. The smallest absolute Gasteiger partial charge is 0.396 e. The summed E-state index contributed by atoms with van der Waals surface area (Å²) in [6, 6.07) is 7.33. The molecule has 1 N–H and O–H groups in total. The number of aromatic amines is 1. The largest absolute Gasteiger partial charge is 0.462 e. The first kappa shape index (κ1) is 12.1. The number of hydrogen-bond donors (Lipinski definition) is 1. The first-order chi connectivity index (χ1) is 9.70. The predicted molar refractivity (Wildman–Crippen MR) is 67.4 cm³/mol. The van der Waals surface area contributed by atoms with Crippen LogP contribution in [0.3, 0.4) is 0 Å². The van der Waals surface area contributed by atoms with Crippen LogP contribution in [0.1, 0.15) is 26.9 Å². The van der Waals surface area contributed by atoms with Gasteiger partial charge in [-0.05, 0) is 6.07 Å². The molecule has 0 amide bonds. The van der Waals surface area contributed by atoms with Crippen LogP contribution < -0.4 is 0 Å². The third kappa shape index (κ3) is 1.85. The Morgan fingerprint density at radius 3 is 2.75 bits per heavy atom. The van der Waals surface area contributed by atoms with Crippen LogP contribution in [0.2, 0.25) is 0 Å². The van der Waals surface area contributed by atoms with E-state index in [-0.39, 0.29) is 11.8 Å². The zero-order chi connectivity index (χ0) is 14.1. The number of rotatable bonds is 3. The lowest BCUT2D eigenvalue weighted by molar-refractivity contribution is 0.0554. The quantitative estimate of drug-likeness (QED) is 0.573. The molecule has 100 valence electrons. The summed E-state index contributed by atoms with van der Waals surface area (Å²) in [6.07, 6.45) is 1.56. The van der Waals surface area contributed by atoms with Crippen LogP contribution in [0.25, 0.3) is 10.9 Å². The van der Waals surface area contributed by atoms with Gasteiger partial charge in [0.05, 0.1) is 12.7 Å². The van der Waals surface area contributed by atoms with Crippen LogP contribution in [0.5, 0.6) is 0 Å². The molecule has 3 rings (SSSR count). The van der Waals surface area contributed by atoms with Crippen LogP contribution in [0.4, 0.5) is 0 Å². The second-order valence-electron chi connectivity index (χ2n) is 3.98. The fraction of sp³-hybridized carbons (Fsp3) is 0.0769. The summed E-state index contributed by atoms with van der Waals surface area (Å²) >= 11 is 0. The van der Waals surface area contributed by atoms with Gasteiger partial charge in [-0.2, -0.15) is 0 Å². The molecule has 0 radical (unpaired) electrons. The van der Waals surface area contributed by atoms with Gasteiger partial charge in [0.25, 0.3) is 11.7 Å². The van der Waals surface area contributed by atoms with E-state index >= 15 is 0 Å². The number of para-hydroxylation sites is 1. The molecular weight excluding hydrogens is 262 g/mol. The minimum atomic E-state index is -0.782. The van der Waals surface area contributed by atoms with Crippen LogP contribution in [0, 0.1) is 0 Å². The molecular formula is C13H9N3O4. The summed E-state index contributed by atoms with van der Waals surface area (Å²) in [7, 11) is 1.19. The van der Waals surface area contributed by atoms with Crippen molar-refractivity contribution in [3.63, 3.8) is 0 Å². The maximum Gasteiger partial charge on any atom is 0.396 e. The maximum absolute atomic E-state index is 12.3. The third-order valence-electron chi connectivity index (χ3n) is 2.81. The van der Waals surface area contributed by atoms with E-state index in [9.17, 15) is 9.59 Å². The Balaban J connectivity index is 2.00. The number of ether oxygens (including phenoxy) is 1. The van der Waals surface area contributed by atoms with Crippen molar-refractivity contribution in [3.05, 3.63) is 47.8 Å². The molecule has 0 aliphatic carbocycles. The van der Waals surface area contributed by atoms with Gasteiger partial charge in [0.15, 0.2) is 0 Å². The predicted octanol–water partition coefficient (Wildman–Crippen LogP) is 1.57. The first-order valence-corrected chi connectivity index (χ1v) is 5.73. The molecule has 0 saturated carbocycles. The number of ketones is 1. The summed E-state index contributed by atoms with van der Waals surface area (Å²) in [4.78, 5) is 26.5. The average molecular weight is 271 g/mol. The van der Waals surface area contributed by atoms with Crippen molar-refractivity contribution in [2.45, 2.75) is 0 Å². The number of hydrogen-bond acceptors (Lipinski definition) is 6. The van der Waals surface area contributed by atoms with Crippen molar-refractivity contribution in [2.75, 3.05) is 7.11 Å². The Hall–Kier alpha value is -2.96. The van der Waals surface area contributed by atoms with E-state index in [2.05, 4.69) is 19.9 Å². The number of carbonyl (C=O) groups is 2. The summed E-state index contributed by atoms with van der Waals surface area (Å²) in [6.45, 7) is 0. The van der Waals surface area contributed by atoms with Gasteiger partial charge >= 0.3 is 11.9 Å². The number of carbonyl (C=O) groups excluding carboxylic acids is 2. The molecule has 0 fully saturated rings. The molecule has 0 atom stereocenters. The van der Waals surface area contributed by atoms with Gasteiger partial charge in [0.2, 0.25) is 0 Å². The highest BCUT2D eigenvalue weighted by Crippen LogP contribution is 2.20. The van der Waals surface area contributed by atoms with Crippen molar-refractivity contribution in [1.29, 1.82) is 0 Å². The number of H-pyrrole nitrogens is 1. The van der Waals surface area contributed by atoms with Gasteiger partial charge in [0.1, 0.15) is 0 Å². The molecule has 1 aromatic carbocycles. The molecule has 20 heavy (non-hydrogen) atoms. The number of aromatic nitrogens is 3. The average Bonchev–Trinajstić information content (AvgIpc) is 3.12. The van der Waals surface area contributed by atoms with Crippen molar-refractivity contribution in [3.8, 4) is 0 Å². The number of benzene rings is 1. The summed E-state index contributed by atoms with van der Waals surface area (Å²) in [5.74, 6) is -1.84. The Labute approximate surface area is 112 Å². The summed E-state index contributed by atoms with van der Waals surface area (Å²) in [5.41, 5.74) is 1.23. The fourth-order valence-corrected chi connectivity index (χ4v) is 1.86. The second kappa shape index (κ2) is 4.61. The van der Waals surface area contributed by atoms with Gasteiger partial charge in [-0.1, -0.05) is 18.2 Å². The standard InChI is InChI=1S/C13H9N3O4/c1-19-13(18)12-16-15-11(20-12)10(17)8-6-14-9-5-3-2-4-7(8)9/h2-6,14H,1H3. The van der Waals surface area contributed by atoms with Crippen molar-refractivity contribution in [2.24, 2.45) is 0 Å². The molecule has 0 aliphatic heterocycles. The van der Waals surface area contributed by atoms with Crippen molar-refractivity contribution < 1.29 is 18.7 Å². The van der Waals surface area contributed by atoms with E-state index < -0.39 is 11.8 Å². The van der Waals surface area contributed by atoms with Crippen molar-refractivity contribution >= 4 is 22.7 Å². The van der Waals surface area contributed by atoms with Crippen LogP contribution >= 0.6 is 0 Å². The van der Waals surface area contributed by atoms with Crippen molar-refractivity contribution in [1.82, 2.24) is 15.2 Å². The zero-order valence-electron chi connectivity index (χ0n) is 10.4. The topological polar surface area (TPSA) is 98.1 Å². The van der Waals surface area contributed by atoms with E-state index in [1.54, 1.807) is 12.3 Å². The Kier molecular flexibility index (Phi) is 2.79. The maximum atomic E-state index is 12.3. The molecule has 2 heterocycles. The zero-order valence-corrected chi connectivity index (χ0v) is 10.4. The second-order valence-corrected chi connectivity index (χ2v) is 3.98. The van der Waals surface area contributed by atoms with E-state index in [0.717, 1.165) is 10.9 Å². The molecule has 0 spiro atoms. The number of nitrogens with one attached hydrogen (secondary N) is 1. The van der Waals surface area contributed by atoms with Gasteiger partial charge in [-0.3, -0.25) is 4.79 Å². The molecule has 0 saturated heterocycles. The highest BCUT2D eigenvalue weighted by molar-refractivity contribution is 6.14. The SMILES string of the molecule is COC(=O)c1nnc(C(=O)c2c[nH]c3ccccc23)o1. The number of methoxy groups -OCH3 is 1. The highest BCUT2D eigenvalue weighted by Gasteiger charge is 2.23. The summed E-state index contributed by atoms with van der Waals surface area (Å²) < 4.78 is 9.45. The number of fused-ring (bicyclic) bond motifs is 1.